The van der Waals surface area contributed by atoms with Gasteiger partial charge in [-0.1, -0.05) is 13.8 Å². The number of hydrogen-bond acceptors (Lipinski definition) is 0. The second-order valence-corrected chi connectivity index (χ2v) is 7.15. The zero-order chi connectivity index (χ0) is 11.8. The SMILES string of the molecule is CCC1CC(C)C[N+]2(CC[N+](C)(C)CC2)C1. The highest BCUT2D eigenvalue weighted by atomic mass is 15.5. The quantitative estimate of drug-likeness (QED) is 0.600. The van der Waals surface area contributed by atoms with E-state index in [0.29, 0.717) is 0 Å². The van der Waals surface area contributed by atoms with E-state index in [9.17, 15) is 0 Å². The first-order valence-corrected chi connectivity index (χ1v) is 7.12. The lowest BCUT2D eigenvalue weighted by molar-refractivity contribution is -1.02. The number of piperidine rings is 1. The molecular weight excluding hydrogens is 196 g/mol. The van der Waals surface area contributed by atoms with Crippen LogP contribution in [0.2, 0.25) is 0 Å². The maximum atomic E-state index is 2.47. The summed E-state index contributed by atoms with van der Waals surface area (Å²) in [5.41, 5.74) is 0. The molecule has 2 heteroatoms. The van der Waals surface area contributed by atoms with Gasteiger partial charge in [0.25, 0.3) is 0 Å². The molecule has 0 bridgehead atoms. The second-order valence-electron chi connectivity index (χ2n) is 7.15. The Labute approximate surface area is 101 Å². The molecule has 2 heterocycles. The Balaban J connectivity index is 2.02. The fraction of sp³-hybridized carbons (Fsp3) is 1.00. The van der Waals surface area contributed by atoms with Crippen molar-refractivity contribution < 1.29 is 8.97 Å². The first-order chi connectivity index (χ1) is 7.45. The summed E-state index contributed by atoms with van der Waals surface area (Å²) in [6.07, 6.45) is 2.87. The summed E-state index contributed by atoms with van der Waals surface area (Å²) < 4.78 is 2.69. The number of nitrogens with zero attached hydrogens (tertiary/aromatic N) is 2. The van der Waals surface area contributed by atoms with Crippen LogP contribution >= 0.6 is 0 Å². The summed E-state index contributed by atoms with van der Waals surface area (Å²) in [6, 6.07) is 0. The average molecular weight is 226 g/mol. The minimum Gasteiger partial charge on any atom is -0.319 e. The molecule has 16 heavy (non-hydrogen) atoms. The maximum Gasteiger partial charge on any atom is 0.129 e. The summed E-state index contributed by atoms with van der Waals surface area (Å²) in [5.74, 6) is 1.95. The van der Waals surface area contributed by atoms with Crippen molar-refractivity contribution in [3.05, 3.63) is 0 Å². The van der Waals surface area contributed by atoms with E-state index >= 15 is 0 Å². The molecule has 2 aliphatic heterocycles. The van der Waals surface area contributed by atoms with E-state index in [2.05, 4.69) is 27.9 Å². The molecule has 2 unspecified atom stereocenters. The number of likely N-dealkylation sites (N-methyl/N-ethyl adjacent to an activating group) is 1. The van der Waals surface area contributed by atoms with E-state index in [-0.39, 0.29) is 0 Å². The van der Waals surface area contributed by atoms with E-state index in [1.54, 1.807) is 0 Å². The van der Waals surface area contributed by atoms with Crippen LogP contribution in [-0.2, 0) is 0 Å². The van der Waals surface area contributed by atoms with Gasteiger partial charge in [0.05, 0.1) is 27.2 Å². The van der Waals surface area contributed by atoms with Crippen molar-refractivity contribution in [3.8, 4) is 0 Å². The third kappa shape index (κ3) is 2.60. The van der Waals surface area contributed by atoms with E-state index < -0.39 is 0 Å². The molecule has 0 aliphatic carbocycles. The van der Waals surface area contributed by atoms with Crippen LogP contribution in [0.25, 0.3) is 0 Å². The standard InChI is InChI=1S/C14H30N2/c1-5-14-10-13(2)11-16(12-14)8-6-15(3,4)7-9-16/h13-14H,5-12H2,1-4H3/q+2. The predicted molar refractivity (Wildman–Crippen MR) is 69.1 cm³/mol. The highest BCUT2D eigenvalue weighted by molar-refractivity contribution is 4.70. The van der Waals surface area contributed by atoms with E-state index in [0.717, 1.165) is 11.8 Å². The maximum absolute atomic E-state index is 2.47. The molecule has 2 nitrogen and oxygen atoms in total. The van der Waals surface area contributed by atoms with Crippen molar-refractivity contribution in [3.63, 3.8) is 0 Å². The molecule has 0 radical (unpaired) electrons. The Bertz CT molecular complexity index is 237. The molecule has 94 valence electrons. The van der Waals surface area contributed by atoms with Gasteiger partial charge in [-0.2, -0.15) is 0 Å². The minimum atomic E-state index is 0.951. The Kier molecular flexibility index (Phi) is 3.33. The molecule has 0 aromatic rings. The normalized spacial score (nSPS) is 37.5. The van der Waals surface area contributed by atoms with Crippen LogP contribution in [0.15, 0.2) is 0 Å². The molecule has 2 atom stereocenters. The zero-order valence-corrected chi connectivity index (χ0v) is 11.7. The number of piperazine rings is 1. The molecule has 0 saturated carbocycles. The number of hydrogen-bond donors (Lipinski definition) is 0. The fourth-order valence-corrected chi connectivity index (χ4v) is 3.85. The van der Waals surface area contributed by atoms with E-state index in [4.69, 9.17) is 0 Å². The van der Waals surface area contributed by atoms with Crippen molar-refractivity contribution in [1.29, 1.82) is 0 Å². The van der Waals surface area contributed by atoms with Crippen LogP contribution in [0.3, 0.4) is 0 Å². The largest absolute Gasteiger partial charge is 0.319 e. The molecule has 0 N–H and O–H groups in total. The summed E-state index contributed by atoms with van der Waals surface area (Å²) in [7, 11) is 4.78. The van der Waals surface area contributed by atoms with Gasteiger partial charge in [0, 0.05) is 11.8 Å². The van der Waals surface area contributed by atoms with Crippen molar-refractivity contribution in [2.45, 2.75) is 26.7 Å². The van der Waals surface area contributed by atoms with Gasteiger partial charge in [-0.3, -0.25) is 0 Å². The van der Waals surface area contributed by atoms with Gasteiger partial charge >= 0.3 is 0 Å². The first-order valence-electron chi connectivity index (χ1n) is 7.12. The lowest BCUT2D eigenvalue weighted by Gasteiger charge is -2.51. The molecule has 2 fully saturated rings. The molecule has 0 amide bonds. The molecule has 2 saturated heterocycles. The van der Waals surface area contributed by atoms with Crippen LogP contribution in [-0.4, -0.2) is 62.3 Å². The Morgan fingerprint density at radius 2 is 1.62 bits per heavy atom. The molecule has 0 aromatic carbocycles. The topological polar surface area (TPSA) is 0 Å². The highest BCUT2D eigenvalue weighted by Gasteiger charge is 2.43. The van der Waals surface area contributed by atoms with Crippen LogP contribution in [0.5, 0.6) is 0 Å². The molecule has 2 rings (SSSR count). The summed E-state index contributed by atoms with van der Waals surface area (Å²) in [6.45, 7) is 13.4. The minimum absolute atomic E-state index is 0.951. The van der Waals surface area contributed by atoms with Gasteiger partial charge < -0.3 is 8.97 Å². The molecule has 0 aromatic heterocycles. The Morgan fingerprint density at radius 3 is 2.19 bits per heavy atom. The van der Waals surface area contributed by atoms with Gasteiger partial charge in [-0.15, -0.1) is 0 Å². The van der Waals surface area contributed by atoms with Crippen molar-refractivity contribution in [1.82, 2.24) is 0 Å². The summed E-state index contributed by atoms with van der Waals surface area (Å²) in [4.78, 5) is 0. The Hall–Kier alpha value is -0.0800. The monoisotopic (exact) mass is 226 g/mol. The van der Waals surface area contributed by atoms with E-state index in [1.807, 2.05) is 0 Å². The van der Waals surface area contributed by atoms with Crippen molar-refractivity contribution in [2.24, 2.45) is 11.8 Å². The molecular formula is C14H30N2+2. The molecule has 2 aliphatic rings. The van der Waals surface area contributed by atoms with Crippen LogP contribution < -0.4 is 0 Å². The molecule has 1 spiro atoms. The van der Waals surface area contributed by atoms with Gasteiger partial charge in [0.15, 0.2) is 0 Å². The van der Waals surface area contributed by atoms with Crippen molar-refractivity contribution >= 4 is 0 Å². The highest BCUT2D eigenvalue weighted by Crippen LogP contribution is 2.31. The first kappa shape index (κ1) is 12.4. The number of rotatable bonds is 1. The zero-order valence-electron chi connectivity index (χ0n) is 11.7. The lowest BCUT2D eigenvalue weighted by atomic mass is 9.86. The smallest absolute Gasteiger partial charge is 0.129 e. The summed E-state index contributed by atoms with van der Waals surface area (Å²) in [5, 5.41) is 0. The number of quaternary nitrogens is 2. The van der Waals surface area contributed by atoms with E-state index in [1.165, 1.54) is 61.1 Å². The third-order valence-electron chi connectivity index (χ3n) is 5.02. The van der Waals surface area contributed by atoms with Crippen LogP contribution in [0.4, 0.5) is 0 Å². The third-order valence-corrected chi connectivity index (χ3v) is 5.02. The van der Waals surface area contributed by atoms with Gasteiger partial charge in [-0.25, -0.2) is 0 Å². The fourth-order valence-electron chi connectivity index (χ4n) is 3.85. The predicted octanol–water partition coefficient (Wildman–Crippen LogP) is 1.96. The second kappa shape index (κ2) is 4.30. The van der Waals surface area contributed by atoms with Crippen LogP contribution in [0, 0.1) is 11.8 Å². The van der Waals surface area contributed by atoms with Gasteiger partial charge in [0.2, 0.25) is 0 Å². The lowest BCUT2D eigenvalue weighted by Crippen LogP contribution is -2.67. The van der Waals surface area contributed by atoms with Crippen LogP contribution in [0.1, 0.15) is 26.7 Å². The summed E-state index contributed by atoms with van der Waals surface area (Å²) >= 11 is 0. The van der Waals surface area contributed by atoms with Crippen molar-refractivity contribution in [2.75, 3.05) is 53.4 Å². The Morgan fingerprint density at radius 1 is 1.00 bits per heavy atom. The van der Waals surface area contributed by atoms with Gasteiger partial charge in [0.1, 0.15) is 26.2 Å². The van der Waals surface area contributed by atoms with Gasteiger partial charge in [-0.05, 0) is 12.8 Å². The average Bonchev–Trinajstić information content (AvgIpc) is 2.22.